The Morgan fingerprint density at radius 1 is 1.13 bits per heavy atom. The van der Waals surface area contributed by atoms with Crippen LogP contribution in [0, 0.1) is 0 Å². The summed E-state index contributed by atoms with van der Waals surface area (Å²) in [5, 5.41) is 0. The van der Waals surface area contributed by atoms with Gasteiger partial charge in [0.25, 0.3) is 0 Å². The first-order valence-electron chi connectivity index (χ1n) is 5.60. The fourth-order valence-electron chi connectivity index (χ4n) is 1.31. The lowest BCUT2D eigenvalue weighted by atomic mass is 10.3. The van der Waals surface area contributed by atoms with Crippen molar-refractivity contribution in [3.63, 3.8) is 0 Å². The first kappa shape index (κ1) is 12.4. The summed E-state index contributed by atoms with van der Waals surface area (Å²) in [5.41, 5.74) is 0. The highest BCUT2D eigenvalue weighted by Crippen LogP contribution is 2.08. The minimum absolute atomic E-state index is 0.531. The number of unbranched alkanes of at least 4 members (excludes halogenated alkanes) is 1. The molecule has 1 aromatic rings. The maximum Gasteiger partial charge on any atom is 0.141 e. The van der Waals surface area contributed by atoms with Crippen molar-refractivity contribution >= 4 is 10.9 Å². The first-order valence-corrected chi connectivity index (χ1v) is 7.57. The molecular weight excluding hydrogens is 204 g/mol. The van der Waals surface area contributed by atoms with Crippen LogP contribution in [0.5, 0.6) is 5.75 Å². The molecule has 1 nitrogen and oxygen atoms in total. The number of para-hydroxylation sites is 1. The van der Waals surface area contributed by atoms with Crippen molar-refractivity contribution in [2.24, 2.45) is 0 Å². The Hall–Kier alpha value is -0.630. The molecule has 1 rings (SSSR count). The van der Waals surface area contributed by atoms with Gasteiger partial charge in [-0.05, 0) is 29.4 Å². The van der Waals surface area contributed by atoms with Crippen molar-refractivity contribution in [2.45, 2.75) is 19.8 Å². The molecule has 0 aliphatic rings. The average Bonchev–Trinajstić information content (AvgIpc) is 2.28. The third-order valence-electron chi connectivity index (χ3n) is 2.29. The second-order valence-electron chi connectivity index (χ2n) is 3.70. The molecule has 0 bridgehead atoms. The van der Waals surface area contributed by atoms with E-state index in [-0.39, 0.29) is 0 Å². The highest BCUT2D eigenvalue weighted by Gasteiger charge is 2.09. The maximum absolute atomic E-state index is 5.66. The largest absolute Gasteiger partial charge is 0.489 e. The Morgan fingerprint density at radius 2 is 1.87 bits per heavy atom. The summed E-state index contributed by atoms with van der Waals surface area (Å²) in [6, 6.07) is 10.1. The van der Waals surface area contributed by atoms with Crippen LogP contribution >= 0.6 is 0 Å². The summed E-state index contributed by atoms with van der Waals surface area (Å²) in [4.78, 5) is 0. The third-order valence-corrected chi connectivity index (χ3v) is 4.14. The molecule has 2 heteroatoms. The number of rotatable bonds is 7. The molecule has 1 atom stereocenters. The lowest BCUT2D eigenvalue weighted by Crippen LogP contribution is -2.16. The molecule has 0 radical (unpaired) electrons. The number of ether oxygens (including phenoxy) is 1. The molecule has 0 heterocycles. The van der Waals surface area contributed by atoms with E-state index in [4.69, 9.17) is 4.74 Å². The molecular formula is C13H21OS+. The molecule has 0 aliphatic heterocycles. The lowest BCUT2D eigenvalue weighted by molar-refractivity contribution is 0.343. The molecule has 0 aromatic heterocycles. The van der Waals surface area contributed by atoms with Crippen molar-refractivity contribution in [3.8, 4) is 5.75 Å². The van der Waals surface area contributed by atoms with Crippen LogP contribution in [-0.2, 0) is 10.9 Å². The zero-order valence-corrected chi connectivity index (χ0v) is 10.6. The van der Waals surface area contributed by atoms with Crippen LogP contribution in [0.1, 0.15) is 19.8 Å². The summed E-state index contributed by atoms with van der Waals surface area (Å²) < 4.78 is 5.66. The van der Waals surface area contributed by atoms with Crippen LogP contribution in [0.3, 0.4) is 0 Å². The smallest absolute Gasteiger partial charge is 0.141 e. The quantitative estimate of drug-likeness (QED) is 0.648. The highest BCUT2D eigenvalue weighted by atomic mass is 32.2. The topological polar surface area (TPSA) is 9.23 Å². The van der Waals surface area contributed by atoms with E-state index < -0.39 is 0 Å². The first-order chi connectivity index (χ1) is 7.33. The fraction of sp³-hybridized carbons (Fsp3) is 0.538. The van der Waals surface area contributed by atoms with Gasteiger partial charge in [0.05, 0.1) is 6.26 Å². The average molecular weight is 225 g/mol. The van der Waals surface area contributed by atoms with Crippen molar-refractivity contribution in [1.82, 2.24) is 0 Å². The Kier molecular flexibility index (Phi) is 6.33. The van der Waals surface area contributed by atoms with Gasteiger partial charge in [-0.2, -0.15) is 0 Å². The van der Waals surface area contributed by atoms with E-state index >= 15 is 0 Å². The standard InChI is InChI=1S/C13H21OS/c1-3-4-11-15(2)12-10-14-13-8-6-5-7-9-13/h5-9H,3-4,10-12H2,1-2H3/q+1. The maximum atomic E-state index is 5.66. The van der Waals surface area contributed by atoms with Crippen molar-refractivity contribution < 1.29 is 4.74 Å². The van der Waals surface area contributed by atoms with E-state index in [9.17, 15) is 0 Å². The molecule has 15 heavy (non-hydrogen) atoms. The van der Waals surface area contributed by atoms with Gasteiger partial charge in [-0.3, -0.25) is 0 Å². The third kappa shape index (κ3) is 5.73. The van der Waals surface area contributed by atoms with Gasteiger partial charge in [-0.1, -0.05) is 31.5 Å². The highest BCUT2D eigenvalue weighted by molar-refractivity contribution is 7.96. The summed E-state index contributed by atoms with van der Waals surface area (Å²) in [7, 11) is 0.531. The second kappa shape index (κ2) is 7.63. The van der Waals surface area contributed by atoms with E-state index in [1.165, 1.54) is 24.3 Å². The summed E-state index contributed by atoms with van der Waals surface area (Å²) in [5.74, 6) is 3.54. The summed E-state index contributed by atoms with van der Waals surface area (Å²) in [6.07, 6.45) is 4.99. The predicted octanol–water partition coefficient (Wildman–Crippen LogP) is 3.11. The van der Waals surface area contributed by atoms with Gasteiger partial charge in [0.2, 0.25) is 0 Å². The van der Waals surface area contributed by atoms with Gasteiger partial charge in [-0.25, -0.2) is 0 Å². The zero-order chi connectivity index (χ0) is 10.9. The molecule has 0 saturated heterocycles. The minimum atomic E-state index is 0.531. The van der Waals surface area contributed by atoms with E-state index in [1.807, 2.05) is 30.3 Å². The summed E-state index contributed by atoms with van der Waals surface area (Å²) in [6.45, 7) is 3.10. The Morgan fingerprint density at radius 3 is 2.53 bits per heavy atom. The SMILES string of the molecule is CCCC[S+](C)CCOc1ccccc1. The van der Waals surface area contributed by atoms with Gasteiger partial charge in [-0.15, -0.1) is 0 Å². The number of hydrogen-bond donors (Lipinski definition) is 0. The molecule has 0 fully saturated rings. The Bertz CT molecular complexity index is 248. The van der Waals surface area contributed by atoms with Crippen molar-refractivity contribution in [3.05, 3.63) is 30.3 Å². The van der Waals surface area contributed by atoms with Gasteiger partial charge < -0.3 is 4.74 Å². The van der Waals surface area contributed by atoms with E-state index in [1.54, 1.807) is 0 Å². The van der Waals surface area contributed by atoms with Crippen LogP contribution in [0.4, 0.5) is 0 Å². The van der Waals surface area contributed by atoms with Gasteiger partial charge >= 0.3 is 0 Å². The predicted molar refractivity (Wildman–Crippen MR) is 69.9 cm³/mol. The Balaban J connectivity index is 2.11. The lowest BCUT2D eigenvalue weighted by Gasteiger charge is -2.05. The number of hydrogen-bond acceptors (Lipinski definition) is 1. The van der Waals surface area contributed by atoms with Crippen LogP contribution in [0.15, 0.2) is 30.3 Å². The van der Waals surface area contributed by atoms with Crippen molar-refractivity contribution in [1.29, 1.82) is 0 Å². The van der Waals surface area contributed by atoms with Gasteiger partial charge in [0, 0.05) is 0 Å². The van der Waals surface area contributed by atoms with Crippen molar-refractivity contribution in [2.75, 3.05) is 24.4 Å². The van der Waals surface area contributed by atoms with Crippen LogP contribution in [0.2, 0.25) is 0 Å². The molecule has 1 unspecified atom stereocenters. The molecule has 0 spiro atoms. The van der Waals surface area contributed by atoms with Gasteiger partial charge in [0.15, 0.2) is 0 Å². The molecule has 0 amide bonds. The molecule has 84 valence electrons. The van der Waals surface area contributed by atoms with Crippen LogP contribution in [-0.4, -0.2) is 24.4 Å². The molecule has 0 N–H and O–H groups in total. The molecule has 1 aromatic carbocycles. The van der Waals surface area contributed by atoms with Crippen LogP contribution < -0.4 is 4.74 Å². The van der Waals surface area contributed by atoms with Crippen LogP contribution in [0.25, 0.3) is 0 Å². The normalized spacial score (nSPS) is 12.4. The van der Waals surface area contributed by atoms with E-state index in [2.05, 4.69) is 13.2 Å². The van der Waals surface area contributed by atoms with Gasteiger partial charge in [0.1, 0.15) is 23.9 Å². The van der Waals surface area contributed by atoms with E-state index in [0.717, 1.165) is 12.4 Å². The monoisotopic (exact) mass is 225 g/mol. The second-order valence-corrected chi connectivity index (χ2v) is 6.08. The summed E-state index contributed by atoms with van der Waals surface area (Å²) >= 11 is 0. The fourth-order valence-corrected chi connectivity index (χ4v) is 2.66. The minimum Gasteiger partial charge on any atom is -0.489 e. The molecule has 0 aliphatic carbocycles. The van der Waals surface area contributed by atoms with E-state index in [0.29, 0.717) is 10.9 Å². The Labute approximate surface area is 96.2 Å². The molecule has 0 saturated carbocycles. The number of benzene rings is 1. The zero-order valence-electron chi connectivity index (χ0n) is 9.74.